The van der Waals surface area contributed by atoms with Gasteiger partial charge in [-0.05, 0) is 30.7 Å². The van der Waals surface area contributed by atoms with Gasteiger partial charge in [-0.3, -0.25) is 4.90 Å². The van der Waals surface area contributed by atoms with Crippen molar-refractivity contribution in [1.29, 1.82) is 0 Å². The molecule has 4 rings (SSSR count). The maximum Gasteiger partial charge on any atom is 0.573 e. The summed E-state index contributed by atoms with van der Waals surface area (Å²) < 4.78 is 41.5. The van der Waals surface area contributed by atoms with E-state index < -0.39 is 6.36 Å². The van der Waals surface area contributed by atoms with Crippen LogP contribution in [0.2, 0.25) is 0 Å². The molecule has 1 aliphatic rings. The number of ether oxygens (including phenoxy) is 1. The molecule has 3 aromatic rings. The Morgan fingerprint density at radius 1 is 0.967 bits per heavy atom. The number of benzene rings is 2. The molecule has 1 fully saturated rings. The summed E-state index contributed by atoms with van der Waals surface area (Å²) in [6, 6.07) is 14.3. The molecule has 1 saturated heterocycles. The van der Waals surface area contributed by atoms with Crippen LogP contribution in [0.15, 0.2) is 48.5 Å². The van der Waals surface area contributed by atoms with Crippen LogP contribution in [0.5, 0.6) is 5.75 Å². The first-order chi connectivity index (χ1) is 13.4. The van der Waals surface area contributed by atoms with Crippen molar-refractivity contribution < 1.29 is 17.9 Å². The van der Waals surface area contributed by atoms with Crippen LogP contribution in [-0.2, 0) is 0 Å². The highest BCUT2D eigenvalue weighted by Crippen LogP contribution is 2.37. The minimum Gasteiger partial charge on any atom is -0.406 e. The van der Waals surface area contributed by atoms with Gasteiger partial charge in [0, 0.05) is 48.3 Å². The third-order valence-corrected chi connectivity index (χ3v) is 5.16. The number of aromatic nitrogens is 1. The second-order valence-corrected chi connectivity index (χ2v) is 7.01. The minimum absolute atomic E-state index is 0. The number of nitrogens with one attached hydrogen (secondary N) is 2. The normalized spacial score (nSPS) is 15.9. The highest BCUT2D eigenvalue weighted by molar-refractivity contribution is 5.86. The van der Waals surface area contributed by atoms with Crippen molar-refractivity contribution in [3.05, 3.63) is 65.4 Å². The Balaban J connectivity index is 0.00000160. The maximum atomic E-state index is 12.5. The third-order valence-electron chi connectivity index (χ3n) is 5.16. The summed E-state index contributed by atoms with van der Waals surface area (Å²) in [5, 5.41) is 4.50. The molecular weight excluding hydrogens is 438 g/mol. The van der Waals surface area contributed by atoms with Crippen molar-refractivity contribution >= 4 is 35.7 Å². The smallest absolute Gasteiger partial charge is 0.406 e. The van der Waals surface area contributed by atoms with Crippen LogP contribution < -0.4 is 10.1 Å². The molecule has 4 nitrogen and oxygen atoms in total. The Hall–Kier alpha value is -1.93. The number of fused-ring (bicyclic) bond motifs is 1. The molecule has 0 aliphatic carbocycles. The number of aryl methyl sites for hydroxylation is 1. The van der Waals surface area contributed by atoms with Gasteiger partial charge in [0.25, 0.3) is 0 Å². The summed E-state index contributed by atoms with van der Waals surface area (Å²) >= 11 is 0. The number of hydrogen-bond acceptors (Lipinski definition) is 3. The third kappa shape index (κ3) is 5.21. The lowest BCUT2D eigenvalue weighted by Crippen LogP contribution is -2.45. The van der Waals surface area contributed by atoms with Crippen LogP contribution in [0, 0.1) is 6.92 Å². The Kier molecular flexibility index (Phi) is 8.05. The van der Waals surface area contributed by atoms with E-state index >= 15 is 0 Å². The number of halogens is 5. The minimum atomic E-state index is -4.69. The van der Waals surface area contributed by atoms with E-state index in [1.165, 1.54) is 17.7 Å². The SMILES string of the molecule is Cc1[nH]c2ccccc2c1[C@H](c1ccc(OC(F)(F)F)cc1)N1CCNCC1.Cl.Cl. The van der Waals surface area contributed by atoms with Gasteiger partial charge in [-0.1, -0.05) is 30.3 Å². The van der Waals surface area contributed by atoms with E-state index in [2.05, 4.69) is 26.0 Å². The highest BCUT2D eigenvalue weighted by Gasteiger charge is 2.32. The molecule has 2 aromatic carbocycles. The molecule has 2 N–H and O–H groups in total. The number of nitrogens with zero attached hydrogens (tertiary/aromatic N) is 1. The second kappa shape index (κ2) is 9.92. The van der Waals surface area contributed by atoms with Gasteiger partial charge < -0.3 is 15.0 Å². The Labute approximate surface area is 185 Å². The highest BCUT2D eigenvalue weighted by atomic mass is 35.5. The Bertz CT molecular complexity index is 954. The lowest BCUT2D eigenvalue weighted by atomic mass is 9.94. The predicted octanol–water partition coefficient (Wildman–Crippen LogP) is 5.21. The fraction of sp³-hybridized carbons (Fsp3) is 0.333. The number of aromatic amines is 1. The van der Waals surface area contributed by atoms with Gasteiger partial charge in [-0.15, -0.1) is 38.0 Å². The average molecular weight is 462 g/mol. The van der Waals surface area contributed by atoms with Crippen LogP contribution in [0.4, 0.5) is 13.2 Å². The van der Waals surface area contributed by atoms with E-state index in [0.717, 1.165) is 48.3 Å². The van der Waals surface area contributed by atoms with E-state index in [1.54, 1.807) is 12.1 Å². The van der Waals surface area contributed by atoms with Crippen molar-refractivity contribution in [2.45, 2.75) is 19.3 Å². The first-order valence-electron chi connectivity index (χ1n) is 9.30. The molecule has 0 spiro atoms. The standard InChI is InChI=1S/C21H22F3N3O.2ClH/c1-14-19(17-4-2-3-5-18(17)26-14)20(27-12-10-25-11-13-27)15-6-8-16(9-7-15)28-21(22,23)24;;/h2-9,20,25-26H,10-13H2,1H3;2*1H/t20-;;/m0../s1. The zero-order chi connectivity index (χ0) is 19.7. The van der Waals surface area contributed by atoms with Crippen LogP contribution >= 0.6 is 24.8 Å². The number of piperazine rings is 1. The molecule has 2 heterocycles. The quantitative estimate of drug-likeness (QED) is 0.559. The van der Waals surface area contributed by atoms with E-state index in [1.807, 2.05) is 25.1 Å². The van der Waals surface area contributed by atoms with Gasteiger partial charge in [-0.2, -0.15) is 0 Å². The second-order valence-electron chi connectivity index (χ2n) is 7.01. The van der Waals surface area contributed by atoms with E-state index in [-0.39, 0.29) is 36.6 Å². The number of hydrogen-bond donors (Lipinski definition) is 2. The predicted molar refractivity (Wildman–Crippen MR) is 117 cm³/mol. The first-order valence-corrected chi connectivity index (χ1v) is 9.30. The van der Waals surface area contributed by atoms with Crippen molar-refractivity contribution in [2.24, 2.45) is 0 Å². The average Bonchev–Trinajstić information content (AvgIpc) is 2.99. The zero-order valence-corrected chi connectivity index (χ0v) is 18.0. The van der Waals surface area contributed by atoms with Crippen molar-refractivity contribution in [3.8, 4) is 5.75 Å². The first kappa shape index (κ1) is 24.3. The zero-order valence-electron chi connectivity index (χ0n) is 16.3. The van der Waals surface area contributed by atoms with Gasteiger partial charge in [0.2, 0.25) is 0 Å². The summed E-state index contributed by atoms with van der Waals surface area (Å²) in [6.07, 6.45) is -4.69. The molecular formula is C21H24Cl2F3N3O. The number of alkyl halides is 3. The van der Waals surface area contributed by atoms with Gasteiger partial charge in [0.15, 0.2) is 0 Å². The molecule has 0 bridgehead atoms. The topological polar surface area (TPSA) is 40.3 Å². The van der Waals surface area contributed by atoms with Crippen LogP contribution in [0.25, 0.3) is 10.9 Å². The monoisotopic (exact) mass is 461 g/mol. The fourth-order valence-electron chi connectivity index (χ4n) is 4.00. The number of rotatable bonds is 4. The van der Waals surface area contributed by atoms with Gasteiger partial charge in [0.05, 0.1) is 6.04 Å². The molecule has 1 atom stereocenters. The van der Waals surface area contributed by atoms with E-state index in [9.17, 15) is 13.2 Å². The Morgan fingerprint density at radius 3 is 2.23 bits per heavy atom. The summed E-state index contributed by atoms with van der Waals surface area (Å²) in [5.74, 6) is -0.203. The van der Waals surface area contributed by atoms with Crippen molar-refractivity contribution in [2.75, 3.05) is 26.2 Å². The van der Waals surface area contributed by atoms with Crippen molar-refractivity contribution in [3.63, 3.8) is 0 Å². The van der Waals surface area contributed by atoms with E-state index in [0.29, 0.717) is 0 Å². The molecule has 9 heteroatoms. The maximum absolute atomic E-state index is 12.5. The van der Waals surface area contributed by atoms with Crippen LogP contribution in [-0.4, -0.2) is 42.4 Å². The molecule has 1 aliphatic heterocycles. The summed E-state index contributed by atoms with van der Waals surface area (Å²) in [6.45, 7) is 5.54. The molecule has 30 heavy (non-hydrogen) atoms. The molecule has 0 radical (unpaired) electrons. The summed E-state index contributed by atoms with van der Waals surface area (Å²) in [4.78, 5) is 5.82. The molecule has 0 amide bonds. The van der Waals surface area contributed by atoms with Crippen LogP contribution in [0.3, 0.4) is 0 Å². The van der Waals surface area contributed by atoms with Gasteiger partial charge >= 0.3 is 6.36 Å². The molecule has 1 aromatic heterocycles. The largest absolute Gasteiger partial charge is 0.573 e. The lowest BCUT2D eigenvalue weighted by molar-refractivity contribution is -0.274. The lowest BCUT2D eigenvalue weighted by Gasteiger charge is -2.36. The van der Waals surface area contributed by atoms with E-state index in [4.69, 9.17) is 0 Å². The molecule has 0 unspecified atom stereocenters. The molecule has 164 valence electrons. The Morgan fingerprint density at radius 2 is 1.60 bits per heavy atom. The van der Waals surface area contributed by atoms with Crippen LogP contribution in [0.1, 0.15) is 22.9 Å². The number of para-hydroxylation sites is 1. The molecule has 0 saturated carbocycles. The summed E-state index contributed by atoms with van der Waals surface area (Å²) in [5.41, 5.74) is 4.25. The summed E-state index contributed by atoms with van der Waals surface area (Å²) in [7, 11) is 0. The van der Waals surface area contributed by atoms with Crippen molar-refractivity contribution in [1.82, 2.24) is 15.2 Å². The van der Waals surface area contributed by atoms with Gasteiger partial charge in [-0.25, -0.2) is 0 Å². The van der Waals surface area contributed by atoms with Gasteiger partial charge in [0.1, 0.15) is 5.75 Å². The fourth-order valence-corrected chi connectivity index (χ4v) is 4.00. The number of H-pyrrole nitrogens is 1.